The Labute approximate surface area is 199 Å². The van der Waals surface area contributed by atoms with Gasteiger partial charge in [-0.15, -0.1) is 11.8 Å². The van der Waals surface area contributed by atoms with Crippen LogP contribution in [0.4, 0.5) is 0 Å². The third-order valence-corrected chi connectivity index (χ3v) is 9.82. The van der Waals surface area contributed by atoms with Gasteiger partial charge in [0.2, 0.25) is 4.21 Å². The maximum absolute atomic E-state index is 12.7. The minimum absolute atomic E-state index is 0.0437. The number of amides is 2. The SMILES string of the molecule is Cc1nc(SCC2=C(C(=O)O)N3C(=O)C(NC(=O)C[S+]([O-])c4cccs4)[C@H]3SC2)n(C)n1. The fourth-order valence-corrected chi connectivity index (χ4v) is 7.72. The molecule has 14 heteroatoms. The molecule has 2 amide bonds. The Morgan fingerprint density at radius 3 is 2.88 bits per heavy atom. The van der Waals surface area contributed by atoms with Crippen LogP contribution >= 0.6 is 34.9 Å². The zero-order valence-corrected chi connectivity index (χ0v) is 20.3. The molecule has 0 aliphatic carbocycles. The number of fused-ring (bicyclic) bond motifs is 1. The van der Waals surface area contributed by atoms with Crippen molar-refractivity contribution in [3.63, 3.8) is 0 Å². The summed E-state index contributed by atoms with van der Waals surface area (Å²) in [6.45, 7) is 1.77. The molecule has 2 aromatic heterocycles. The molecule has 0 spiro atoms. The Bertz CT molecular complexity index is 1090. The van der Waals surface area contributed by atoms with Crippen molar-refractivity contribution >= 4 is 63.8 Å². The number of carbonyl (C=O) groups excluding carboxylic acids is 2. The fourth-order valence-electron chi connectivity index (χ4n) is 3.36. The predicted molar refractivity (Wildman–Crippen MR) is 122 cm³/mol. The van der Waals surface area contributed by atoms with Gasteiger partial charge in [0.25, 0.3) is 11.8 Å². The Kier molecular flexibility index (Phi) is 6.86. The number of nitrogens with one attached hydrogen (secondary N) is 1. The first-order chi connectivity index (χ1) is 15.3. The molecular formula is C18H19N5O5S4. The van der Waals surface area contributed by atoms with Crippen LogP contribution in [0.3, 0.4) is 0 Å². The predicted octanol–water partition coefficient (Wildman–Crippen LogP) is 0.824. The molecule has 4 heterocycles. The number of hydrogen-bond acceptors (Lipinski definition) is 9. The van der Waals surface area contributed by atoms with E-state index in [0.717, 1.165) is 0 Å². The number of carbonyl (C=O) groups is 3. The molecule has 4 rings (SSSR count). The van der Waals surface area contributed by atoms with Crippen molar-refractivity contribution in [2.75, 3.05) is 17.3 Å². The van der Waals surface area contributed by atoms with Crippen molar-refractivity contribution < 1.29 is 24.0 Å². The number of hydrogen-bond donors (Lipinski definition) is 2. The summed E-state index contributed by atoms with van der Waals surface area (Å²) >= 11 is 2.56. The molecule has 32 heavy (non-hydrogen) atoms. The molecule has 2 aliphatic rings. The number of thiophene rings is 1. The molecule has 0 radical (unpaired) electrons. The van der Waals surface area contributed by atoms with Crippen molar-refractivity contribution in [3.05, 3.63) is 34.6 Å². The number of aliphatic carboxylic acids is 1. The second kappa shape index (κ2) is 9.47. The molecule has 2 unspecified atom stereocenters. The van der Waals surface area contributed by atoms with E-state index in [1.807, 2.05) is 0 Å². The normalized spacial score (nSPS) is 21.2. The van der Waals surface area contributed by atoms with E-state index in [2.05, 4.69) is 15.4 Å². The zero-order valence-electron chi connectivity index (χ0n) is 17.0. The first-order valence-corrected chi connectivity index (χ1v) is 13.6. The highest BCUT2D eigenvalue weighted by atomic mass is 32.2. The van der Waals surface area contributed by atoms with E-state index >= 15 is 0 Å². The standard InChI is InChI=1S/C18H19N5O5S4/c1-9-19-18(22(2)21-9)31-7-10-6-30-16-13(15(25)23(16)14(10)17(26)27)20-11(24)8-32(28)12-4-3-5-29-12/h3-5,13,16H,6-8H2,1-2H3,(H,20,24)(H,26,27)/t13?,16-,32?/m1/s1. The van der Waals surface area contributed by atoms with Crippen molar-refractivity contribution in [3.8, 4) is 0 Å². The molecule has 0 bridgehead atoms. The van der Waals surface area contributed by atoms with Gasteiger partial charge in [-0.05, 0) is 23.9 Å². The third-order valence-electron chi connectivity index (χ3n) is 4.75. The maximum Gasteiger partial charge on any atom is 0.352 e. The largest absolute Gasteiger partial charge is 0.610 e. The van der Waals surface area contributed by atoms with Gasteiger partial charge in [-0.25, -0.2) is 14.5 Å². The average Bonchev–Trinajstić information content (AvgIpc) is 3.39. The van der Waals surface area contributed by atoms with Gasteiger partial charge in [0.15, 0.2) is 10.9 Å². The lowest BCUT2D eigenvalue weighted by atomic mass is 10.0. The van der Waals surface area contributed by atoms with Crippen LogP contribution in [0.1, 0.15) is 5.82 Å². The molecule has 0 saturated carbocycles. The Morgan fingerprint density at radius 1 is 1.47 bits per heavy atom. The molecule has 0 aromatic carbocycles. The lowest BCUT2D eigenvalue weighted by Gasteiger charge is -2.49. The maximum atomic E-state index is 12.7. The molecule has 170 valence electrons. The number of thioether (sulfide) groups is 2. The van der Waals surface area contributed by atoms with Crippen LogP contribution < -0.4 is 5.32 Å². The van der Waals surface area contributed by atoms with Crippen molar-refractivity contribution in [2.24, 2.45) is 7.05 Å². The van der Waals surface area contributed by atoms with Gasteiger partial charge in [-0.2, -0.15) is 5.10 Å². The molecule has 2 aliphatic heterocycles. The van der Waals surface area contributed by atoms with Crippen LogP contribution in [0.5, 0.6) is 0 Å². The van der Waals surface area contributed by atoms with Crippen molar-refractivity contribution in [1.82, 2.24) is 25.0 Å². The molecule has 1 fully saturated rings. The van der Waals surface area contributed by atoms with Crippen LogP contribution in [0.25, 0.3) is 0 Å². The van der Waals surface area contributed by atoms with Crippen LogP contribution in [-0.4, -0.2) is 75.8 Å². The second-order valence-corrected chi connectivity index (χ2v) is 11.7. The van der Waals surface area contributed by atoms with E-state index in [4.69, 9.17) is 0 Å². The third kappa shape index (κ3) is 4.55. The lowest BCUT2D eigenvalue weighted by Crippen LogP contribution is -2.70. The molecular weight excluding hydrogens is 494 g/mol. The monoisotopic (exact) mass is 513 g/mol. The first-order valence-electron chi connectivity index (χ1n) is 9.38. The van der Waals surface area contributed by atoms with Gasteiger partial charge in [0.1, 0.15) is 22.9 Å². The lowest BCUT2D eigenvalue weighted by molar-refractivity contribution is -0.150. The number of aromatic nitrogens is 3. The highest BCUT2D eigenvalue weighted by Gasteiger charge is 2.54. The van der Waals surface area contributed by atoms with Crippen LogP contribution in [0.15, 0.2) is 38.1 Å². The highest BCUT2D eigenvalue weighted by Crippen LogP contribution is 2.41. The number of rotatable bonds is 8. The summed E-state index contributed by atoms with van der Waals surface area (Å²) in [4.78, 5) is 42.5. The number of aryl methyl sites for hydroxylation is 2. The summed E-state index contributed by atoms with van der Waals surface area (Å²) in [7, 11) is 1.76. The van der Waals surface area contributed by atoms with E-state index in [0.29, 0.717) is 32.3 Å². The topological polar surface area (TPSA) is 140 Å². The zero-order chi connectivity index (χ0) is 23.0. The van der Waals surface area contributed by atoms with Gasteiger partial charge in [0, 0.05) is 35.8 Å². The Balaban J connectivity index is 1.42. The summed E-state index contributed by atoms with van der Waals surface area (Å²) < 4.78 is 14.4. The molecule has 2 N–H and O–H groups in total. The molecule has 2 aromatic rings. The average molecular weight is 514 g/mol. The van der Waals surface area contributed by atoms with Gasteiger partial charge in [-0.1, -0.05) is 23.1 Å². The second-order valence-electron chi connectivity index (χ2n) is 6.99. The number of nitrogens with zero attached hydrogens (tertiary/aromatic N) is 4. The van der Waals surface area contributed by atoms with Gasteiger partial charge in [0.05, 0.1) is 0 Å². The summed E-state index contributed by atoms with van der Waals surface area (Å²) in [6, 6.07) is 2.61. The van der Waals surface area contributed by atoms with Crippen LogP contribution in [0.2, 0.25) is 0 Å². The summed E-state index contributed by atoms with van der Waals surface area (Å²) in [5.74, 6) is -1.03. The summed E-state index contributed by atoms with van der Waals surface area (Å²) in [6.07, 6.45) is 0. The van der Waals surface area contributed by atoms with Gasteiger partial charge < -0.3 is 15.0 Å². The van der Waals surface area contributed by atoms with Crippen LogP contribution in [-0.2, 0) is 32.6 Å². The van der Waals surface area contributed by atoms with Gasteiger partial charge >= 0.3 is 5.97 Å². The minimum atomic E-state index is -1.48. The van der Waals surface area contributed by atoms with Crippen molar-refractivity contribution in [2.45, 2.75) is 27.7 Å². The number of β-lactam (4-membered cyclic amide) rings is 1. The summed E-state index contributed by atoms with van der Waals surface area (Å²) in [5.41, 5.74) is 0.569. The fraction of sp³-hybridized carbons (Fsp3) is 0.389. The summed E-state index contributed by atoms with van der Waals surface area (Å²) in [5, 5.41) is 18.5. The van der Waals surface area contributed by atoms with E-state index in [1.54, 1.807) is 36.2 Å². The highest BCUT2D eigenvalue weighted by molar-refractivity contribution is 8.01. The van der Waals surface area contributed by atoms with E-state index in [1.165, 1.54) is 39.8 Å². The Hall–Kier alpha value is -2.00. The van der Waals surface area contributed by atoms with Crippen LogP contribution in [0, 0.1) is 6.92 Å². The smallest absolute Gasteiger partial charge is 0.352 e. The minimum Gasteiger partial charge on any atom is -0.610 e. The molecule has 10 nitrogen and oxygen atoms in total. The molecule has 1 saturated heterocycles. The van der Waals surface area contributed by atoms with Gasteiger partial charge in [-0.3, -0.25) is 14.5 Å². The van der Waals surface area contributed by atoms with E-state index in [-0.39, 0.29) is 11.4 Å². The molecule has 3 atom stereocenters. The van der Waals surface area contributed by atoms with E-state index < -0.39 is 40.4 Å². The van der Waals surface area contributed by atoms with Crippen molar-refractivity contribution in [1.29, 1.82) is 0 Å². The number of carboxylic acids is 1. The van der Waals surface area contributed by atoms with E-state index in [9.17, 15) is 24.0 Å². The Morgan fingerprint density at radius 2 is 2.25 bits per heavy atom. The number of carboxylic acid groups (broad SMARTS) is 1. The first kappa shape index (κ1) is 23.2. The quantitative estimate of drug-likeness (QED) is 0.298.